The summed E-state index contributed by atoms with van der Waals surface area (Å²) in [6.07, 6.45) is 5.44. The Morgan fingerprint density at radius 3 is 2.58 bits per heavy atom. The molecule has 1 atom stereocenters. The van der Waals surface area contributed by atoms with E-state index in [-0.39, 0.29) is 17.2 Å². The molecule has 0 saturated carbocycles. The van der Waals surface area contributed by atoms with Gasteiger partial charge in [0.15, 0.2) is 5.82 Å². The number of anilines is 1. The van der Waals surface area contributed by atoms with Gasteiger partial charge in [0.05, 0.1) is 11.0 Å². The Kier molecular flexibility index (Phi) is 5.97. The number of amides is 2. The molecule has 0 saturated heterocycles. The SMILES string of the molecule is CC(C)(C)C[C@H](NC(=O)c1ccc2[nH]c(-c3cc4ccccc4cn3)nc2c1)C(=O)Nc1ncc[nH]1. The Bertz CT molecular complexity index is 1550. The highest BCUT2D eigenvalue weighted by Gasteiger charge is 2.27. The van der Waals surface area contributed by atoms with Gasteiger partial charge in [-0.1, -0.05) is 45.0 Å². The maximum absolute atomic E-state index is 13.1. The van der Waals surface area contributed by atoms with Crippen molar-refractivity contribution in [3.05, 3.63) is 72.7 Å². The normalized spacial score (nSPS) is 12.5. The number of H-pyrrole nitrogens is 2. The number of hydrogen-bond donors (Lipinski definition) is 4. The number of nitrogens with one attached hydrogen (secondary N) is 4. The third kappa shape index (κ3) is 5.10. The lowest BCUT2D eigenvalue weighted by Crippen LogP contribution is -2.46. The lowest BCUT2D eigenvalue weighted by atomic mass is 9.87. The van der Waals surface area contributed by atoms with Crippen LogP contribution in [-0.2, 0) is 4.79 Å². The minimum Gasteiger partial charge on any atom is -0.340 e. The van der Waals surface area contributed by atoms with Crippen molar-refractivity contribution < 1.29 is 9.59 Å². The average Bonchev–Trinajstić information content (AvgIpc) is 3.51. The monoisotopic (exact) mass is 481 g/mol. The second kappa shape index (κ2) is 9.26. The first kappa shape index (κ1) is 23.2. The number of rotatable bonds is 6. The lowest BCUT2D eigenvalue weighted by molar-refractivity contribution is -0.118. The van der Waals surface area contributed by atoms with Gasteiger partial charge in [-0.2, -0.15) is 0 Å². The van der Waals surface area contributed by atoms with Gasteiger partial charge in [-0.3, -0.25) is 19.9 Å². The zero-order chi connectivity index (χ0) is 25.3. The quantitative estimate of drug-likeness (QED) is 0.280. The Hall–Kier alpha value is -4.53. The van der Waals surface area contributed by atoms with Crippen LogP contribution in [0.5, 0.6) is 0 Å². The maximum Gasteiger partial charge on any atom is 0.252 e. The number of benzene rings is 2. The number of pyridine rings is 1. The smallest absolute Gasteiger partial charge is 0.252 e. The number of carbonyl (C=O) groups is 2. The highest BCUT2D eigenvalue weighted by molar-refractivity contribution is 6.02. The van der Waals surface area contributed by atoms with E-state index in [1.807, 2.05) is 63.4 Å². The van der Waals surface area contributed by atoms with Crippen molar-refractivity contribution in [2.45, 2.75) is 33.2 Å². The third-order valence-corrected chi connectivity index (χ3v) is 5.80. The molecule has 9 nitrogen and oxygen atoms in total. The molecule has 3 heterocycles. The van der Waals surface area contributed by atoms with Crippen LogP contribution in [0.1, 0.15) is 37.6 Å². The van der Waals surface area contributed by atoms with E-state index < -0.39 is 6.04 Å². The number of hydrogen-bond acceptors (Lipinski definition) is 5. The number of aromatic nitrogens is 5. The molecule has 0 fully saturated rings. The summed E-state index contributed by atoms with van der Waals surface area (Å²) in [4.78, 5) is 45.4. The van der Waals surface area contributed by atoms with Crippen molar-refractivity contribution in [1.82, 2.24) is 30.2 Å². The summed E-state index contributed by atoms with van der Waals surface area (Å²) in [5.41, 5.74) is 2.37. The predicted octanol–water partition coefficient (Wildman–Crippen LogP) is 4.67. The number of aromatic amines is 2. The van der Waals surface area contributed by atoms with Crippen LogP contribution in [0.4, 0.5) is 5.95 Å². The zero-order valence-corrected chi connectivity index (χ0v) is 20.3. The van der Waals surface area contributed by atoms with Crippen LogP contribution in [0, 0.1) is 5.41 Å². The van der Waals surface area contributed by atoms with Crippen LogP contribution in [0.3, 0.4) is 0 Å². The molecule has 0 bridgehead atoms. The summed E-state index contributed by atoms with van der Waals surface area (Å²) < 4.78 is 0. The van der Waals surface area contributed by atoms with Crippen molar-refractivity contribution in [2.24, 2.45) is 5.41 Å². The molecule has 9 heteroatoms. The van der Waals surface area contributed by atoms with Gasteiger partial charge in [0, 0.05) is 29.5 Å². The van der Waals surface area contributed by atoms with Gasteiger partial charge in [0.25, 0.3) is 5.91 Å². The molecule has 0 spiro atoms. The third-order valence-electron chi connectivity index (χ3n) is 5.80. The van der Waals surface area contributed by atoms with Gasteiger partial charge in [-0.05, 0) is 41.5 Å². The largest absolute Gasteiger partial charge is 0.340 e. The first-order chi connectivity index (χ1) is 17.2. The van der Waals surface area contributed by atoms with Gasteiger partial charge in [0.1, 0.15) is 11.7 Å². The molecular formula is C27H27N7O2. The summed E-state index contributed by atoms with van der Waals surface area (Å²) in [6.45, 7) is 6.05. The fourth-order valence-corrected chi connectivity index (χ4v) is 4.08. The van der Waals surface area contributed by atoms with Crippen LogP contribution in [0.2, 0.25) is 0 Å². The Morgan fingerprint density at radius 1 is 1.03 bits per heavy atom. The summed E-state index contributed by atoms with van der Waals surface area (Å²) in [7, 11) is 0. The van der Waals surface area contributed by atoms with E-state index in [4.69, 9.17) is 0 Å². The van der Waals surface area contributed by atoms with Crippen molar-refractivity contribution >= 4 is 39.6 Å². The number of fused-ring (bicyclic) bond motifs is 2. The molecule has 0 radical (unpaired) electrons. The summed E-state index contributed by atoms with van der Waals surface area (Å²) in [5, 5.41) is 7.73. The molecule has 0 unspecified atom stereocenters. The van der Waals surface area contributed by atoms with Crippen LogP contribution in [0.15, 0.2) is 67.1 Å². The number of imidazole rings is 2. The second-order valence-corrected chi connectivity index (χ2v) is 9.95. The van der Waals surface area contributed by atoms with E-state index in [0.29, 0.717) is 29.3 Å². The maximum atomic E-state index is 13.1. The predicted molar refractivity (Wildman–Crippen MR) is 139 cm³/mol. The molecule has 4 N–H and O–H groups in total. The van der Waals surface area contributed by atoms with Crippen LogP contribution >= 0.6 is 0 Å². The van der Waals surface area contributed by atoms with Crippen LogP contribution in [-0.4, -0.2) is 42.8 Å². The van der Waals surface area contributed by atoms with Gasteiger partial charge in [-0.25, -0.2) is 9.97 Å². The van der Waals surface area contributed by atoms with E-state index in [0.717, 1.165) is 22.0 Å². The standard InChI is InChI=1S/C27H27N7O2/c1-27(2,3)14-22(25(36)34-26-28-10-11-29-26)33-24(35)17-8-9-19-20(13-17)32-23(31-19)21-12-16-6-4-5-7-18(16)15-30-21/h4-13,15,22H,14H2,1-3H3,(H,31,32)(H,33,35)(H2,28,29,34,36)/t22-/m0/s1. The molecule has 0 aliphatic carbocycles. The molecule has 36 heavy (non-hydrogen) atoms. The van der Waals surface area contributed by atoms with E-state index in [2.05, 4.69) is 35.6 Å². The molecule has 2 aromatic carbocycles. The van der Waals surface area contributed by atoms with E-state index in [1.54, 1.807) is 24.5 Å². The van der Waals surface area contributed by atoms with Crippen molar-refractivity contribution in [1.29, 1.82) is 0 Å². The Balaban J connectivity index is 1.38. The van der Waals surface area contributed by atoms with Gasteiger partial charge < -0.3 is 15.3 Å². The summed E-state index contributed by atoms with van der Waals surface area (Å²) >= 11 is 0. The van der Waals surface area contributed by atoms with Crippen LogP contribution < -0.4 is 10.6 Å². The molecule has 3 aromatic heterocycles. The number of carbonyl (C=O) groups excluding carboxylic acids is 2. The van der Waals surface area contributed by atoms with E-state index in [1.165, 1.54) is 0 Å². The highest BCUT2D eigenvalue weighted by atomic mass is 16.2. The number of nitrogens with zero attached hydrogens (tertiary/aromatic N) is 3. The fourth-order valence-electron chi connectivity index (χ4n) is 4.08. The molecule has 0 aliphatic rings. The molecule has 5 rings (SSSR count). The van der Waals surface area contributed by atoms with Crippen molar-refractivity contribution in [3.63, 3.8) is 0 Å². The fraction of sp³-hybridized carbons (Fsp3) is 0.222. The first-order valence-electron chi connectivity index (χ1n) is 11.7. The van der Waals surface area contributed by atoms with Gasteiger partial charge in [0.2, 0.25) is 11.9 Å². The van der Waals surface area contributed by atoms with Gasteiger partial charge >= 0.3 is 0 Å². The van der Waals surface area contributed by atoms with Crippen molar-refractivity contribution in [2.75, 3.05) is 5.32 Å². The van der Waals surface area contributed by atoms with Crippen molar-refractivity contribution in [3.8, 4) is 11.5 Å². The van der Waals surface area contributed by atoms with E-state index in [9.17, 15) is 9.59 Å². The molecule has 182 valence electrons. The zero-order valence-electron chi connectivity index (χ0n) is 20.3. The van der Waals surface area contributed by atoms with Gasteiger partial charge in [-0.15, -0.1) is 0 Å². The molecule has 2 amide bonds. The molecule has 5 aromatic rings. The summed E-state index contributed by atoms with van der Waals surface area (Å²) in [6, 6.07) is 14.5. The minimum atomic E-state index is -0.741. The molecule has 0 aliphatic heterocycles. The second-order valence-electron chi connectivity index (χ2n) is 9.95. The Morgan fingerprint density at radius 2 is 1.83 bits per heavy atom. The van der Waals surface area contributed by atoms with Crippen LogP contribution in [0.25, 0.3) is 33.3 Å². The minimum absolute atomic E-state index is 0.188. The highest BCUT2D eigenvalue weighted by Crippen LogP contribution is 2.24. The lowest BCUT2D eigenvalue weighted by Gasteiger charge is -2.25. The van der Waals surface area contributed by atoms with E-state index >= 15 is 0 Å². The Labute approximate surface area is 207 Å². The topological polar surface area (TPSA) is 128 Å². The summed E-state index contributed by atoms with van der Waals surface area (Å²) in [5.74, 6) is 0.269. The first-order valence-corrected chi connectivity index (χ1v) is 11.7. The molecular weight excluding hydrogens is 454 g/mol. The average molecular weight is 482 g/mol.